The molecule has 0 fully saturated rings. The van der Waals surface area contributed by atoms with Crippen LogP contribution in [0.1, 0.15) is 94.2 Å². The first-order valence-electron chi connectivity index (χ1n) is 15.2. The Morgan fingerprint density at radius 3 is 2.21 bits per heavy atom. The second-order valence-corrected chi connectivity index (χ2v) is 13.7. The van der Waals surface area contributed by atoms with Crippen LogP contribution in [0.4, 0.5) is 17.6 Å². The van der Waals surface area contributed by atoms with Crippen LogP contribution in [0.25, 0.3) is 11.1 Å². The van der Waals surface area contributed by atoms with Crippen molar-refractivity contribution < 1.29 is 35.9 Å². The number of rotatable bonds is 16. The number of phenolic OH excluding ortho intramolecular Hbond substituents is 1. The molecule has 10 heteroatoms. The normalized spacial score (nSPS) is 14.0. The van der Waals surface area contributed by atoms with Crippen molar-refractivity contribution in [1.82, 2.24) is 4.90 Å². The average Bonchev–Trinajstić information content (AvgIpc) is 3.10. The minimum absolute atomic E-state index is 0.0829. The van der Waals surface area contributed by atoms with Gasteiger partial charge < -0.3 is 10.0 Å². The van der Waals surface area contributed by atoms with Crippen LogP contribution in [0.15, 0.2) is 42.5 Å². The molecule has 0 aromatic heterocycles. The third-order valence-corrected chi connectivity index (χ3v) is 9.76. The summed E-state index contributed by atoms with van der Waals surface area (Å²) in [4.78, 5) is 13.8. The van der Waals surface area contributed by atoms with Crippen molar-refractivity contribution in [3.05, 3.63) is 65.0 Å². The van der Waals surface area contributed by atoms with Gasteiger partial charge in [-0.15, -0.1) is 0 Å². The zero-order chi connectivity index (χ0) is 31.5. The van der Waals surface area contributed by atoms with Gasteiger partial charge in [0.05, 0.1) is 11.5 Å². The van der Waals surface area contributed by atoms with Gasteiger partial charge in [-0.25, -0.2) is 12.8 Å². The summed E-state index contributed by atoms with van der Waals surface area (Å²) in [5.41, 5.74) is 5.73. The van der Waals surface area contributed by atoms with Crippen LogP contribution >= 0.6 is 0 Å². The summed E-state index contributed by atoms with van der Waals surface area (Å²) in [6, 6.07) is 12.2. The van der Waals surface area contributed by atoms with Crippen LogP contribution in [0, 0.1) is 5.82 Å². The number of amides is 1. The third-order valence-electron chi connectivity index (χ3n) is 7.94. The topological polar surface area (TPSA) is 74.7 Å². The molecule has 1 N–H and O–H groups in total. The van der Waals surface area contributed by atoms with E-state index in [-0.39, 0.29) is 23.2 Å². The highest BCUT2D eigenvalue weighted by Gasteiger charge is 2.27. The molecular weight excluding hydrogens is 582 g/mol. The van der Waals surface area contributed by atoms with E-state index in [1.54, 1.807) is 11.0 Å². The summed E-state index contributed by atoms with van der Waals surface area (Å²) < 4.78 is 74.5. The lowest BCUT2D eigenvalue weighted by molar-refractivity contribution is -0.134. The molecule has 3 rings (SSSR count). The van der Waals surface area contributed by atoms with Gasteiger partial charge >= 0.3 is 6.18 Å². The number of phenols is 1. The zero-order valence-electron chi connectivity index (χ0n) is 24.9. The first-order valence-corrected chi connectivity index (χ1v) is 17.0. The molecule has 0 bridgehead atoms. The first-order chi connectivity index (χ1) is 20.3. The first kappa shape index (κ1) is 34.6. The predicted molar refractivity (Wildman–Crippen MR) is 163 cm³/mol. The van der Waals surface area contributed by atoms with E-state index in [2.05, 4.69) is 0 Å². The number of unbranched alkanes of at least 4 members (excludes halogenated alkanes) is 4. The Bertz CT molecular complexity index is 1340. The Hall–Kier alpha value is -2.88. The van der Waals surface area contributed by atoms with Gasteiger partial charge in [0.25, 0.3) is 0 Å². The Morgan fingerprint density at radius 2 is 1.53 bits per heavy atom. The van der Waals surface area contributed by atoms with Gasteiger partial charge in [-0.1, -0.05) is 31.0 Å². The van der Waals surface area contributed by atoms with Gasteiger partial charge in [0.1, 0.15) is 21.4 Å². The predicted octanol–water partition coefficient (Wildman–Crippen LogP) is 8.11. The van der Waals surface area contributed by atoms with Gasteiger partial charge in [0.15, 0.2) is 0 Å². The molecule has 238 valence electrons. The fourth-order valence-corrected chi connectivity index (χ4v) is 7.14. The van der Waals surface area contributed by atoms with Crippen LogP contribution in [-0.2, 0) is 21.1 Å². The number of fused-ring (bicyclic) bond motifs is 1. The molecule has 1 amide bonds. The lowest BCUT2D eigenvalue weighted by Gasteiger charge is -2.21. The number of hydrogen-bond acceptors (Lipinski definition) is 4. The van der Waals surface area contributed by atoms with Gasteiger partial charge in [-0.3, -0.25) is 4.79 Å². The molecule has 0 atom stereocenters. The minimum Gasteiger partial charge on any atom is -0.508 e. The number of carbonyl (C=O) groups excluding carboxylic acids is 1. The number of aromatic hydroxyl groups is 1. The summed E-state index contributed by atoms with van der Waals surface area (Å²) in [5, 5.41) is 10.0. The molecule has 43 heavy (non-hydrogen) atoms. The molecule has 0 saturated heterocycles. The van der Waals surface area contributed by atoms with E-state index >= 15 is 0 Å². The quantitative estimate of drug-likeness (QED) is 0.151. The van der Waals surface area contributed by atoms with Gasteiger partial charge in [-0.2, -0.15) is 13.2 Å². The maximum absolute atomic E-state index is 13.6. The number of sulfone groups is 1. The van der Waals surface area contributed by atoms with Crippen molar-refractivity contribution in [3.8, 4) is 5.75 Å². The Labute approximate surface area is 252 Å². The number of aryl methyl sites for hydroxylation is 1. The van der Waals surface area contributed by atoms with E-state index < -0.39 is 34.6 Å². The minimum atomic E-state index is -4.35. The highest BCUT2D eigenvalue weighted by molar-refractivity contribution is 7.91. The summed E-state index contributed by atoms with van der Waals surface area (Å²) >= 11 is 0. The highest BCUT2D eigenvalue weighted by atomic mass is 32.2. The van der Waals surface area contributed by atoms with Crippen molar-refractivity contribution in [2.75, 3.05) is 24.6 Å². The van der Waals surface area contributed by atoms with E-state index in [1.165, 1.54) is 30.2 Å². The number of allylic oxidation sites excluding steroid dienone is 2. The number of carbonyl (C=O) groups is 1. The van der Waals surface area contributed by atoms with Crippen LogP contribution in [0.3, 0.4) is 0 Å². The smallest absolute Gasteiger partial charge is 0.389 e. The molecule has 0 unspecified atom stereocenters. The lowest BCUT2D eigenvalue weighted by Crippen LogP contribution is -2.31. The SMILES string of the molecule is CC(=O)N(CCCCCCC1=C(c2ccc(F)cc2)CCCc2cc(O)ccc21)CCCCS(=O)(=O)CCCC(F)(F)F. The Morgan fingerprint density at radius 1 is 0.884 bits per heavy atom. The van der Waals surface area contributed by atoms with Crippen molar-refractivity contribution in [3.63, 3.8) is 0 Å². The van der Waals surface area contributed by atoms with Crippen molar-refractivity contribution >= 4 is 26.9 Å². The van der Waals surface area contributed by atoms with Crippen LogP contribution < -0.4 is 0 Å². The van der Waals surface area contributed by atoms with Gasteiger partial charge in [0, 0.05) is 26.4 Å². The van der Waals surface area contributed by atoms with Crippen LogP contribution in [-0.4, -0.2) is 55.1 Å². The summed E-state index contributed by atoms with van der Waals surface area (Å²) in [6.45, 7) is 2.48. The fraction of sp³-hybridized carbons (Fsp3) is 0.545. The molecule has 0 saturated carbocycles. The number of alkyl halides is 3. The maximum Gasteiger partial charge on any atom is 0.389 e. The van der Waals surface area contributed by atoms with E-state index in [9.17, 15) is 35.9 Å². The maximum atomic E-state index is 13.6. The summed E-state index contributed by atoms with van der Waals surface area (Å²) in [5.74, 6) is -0.746. The molecule has 2 aromatic carbocycles. The third kappa shape index (κ3) is 12.0. The highest BCUT2D eigenvalue weighted by Crippen LogP contribution is 2.39. The fourth-order valence-electron chi connectivity index (χ4n) is 5.71. The number of nitrogens with zero attached hydrogens (tertiary/aromatic N) is 1. The zero-order valence-corrected chi connectivity index (χ0v) is 25.7. The van der Waals surface area contributed by atoms with Crippen molar-refractivity contribution in [1.29, 1.82) is 0 Å². The lowest BCUT2D eigenvalue weighted by atomic mass is 9.89. The molecule has 0 heterocycles. The van der Waals surface area contributed by atoms with Crippen LogP contribution in [0.5, 0.6) is 5.75 Å². The molecular formula is C33H43F4NO4S. The van der Waals surface area contributed by atoms with Crippen LogP contribution in [0.2, 0.25) is 0 Å². The Balaban J connectivity index is 1.48. The van der Waals surface area contributed by atoms with Crippen molar-refractivity contribution in [2.45, 2.75) is 90.1 Å². The second-order valence-electron chi connectivity index (χ2n) is 11.4. The second kappa shape index (κ2) is 16.3. The number of hydrogen-bond donors (Lipinski definition) is 1. The van der Waals surface area contributed by atoms with Gasteiger partial charge in [-0.05, 0) is 110 Å². The molecule has 0 spiro atoms. The van der Waals surface area contributed by atoms with E-state index in [0.29, 0.717) is 25.9 Å². The molecule has 0 radical (unpaired) electrons. The van der Waals surface area contributed by atoms with E-state index in [1.807, 2.05) is 24.3 Å². The Kier molecular flexibility index (Phi) is 13.1. The van der Waals surface area contributed by atoms with E-state index in [0.717, 1.165) is 68.1 Å². The molecule has 1 aliphatic rings. The summed E-state index contributed by atoms with van der Waals surface area (Å²) in [7, 11) is -3.54. The van der Waals surface area contributed by atoms with Gasteiger partial charge in [0.2, 0.25) is 5.91 Å². The standard InChI is InChI=1S/C33H43F4NO4S/c1-25(39)38(21-6-7-22-43(41,42)23-9-19-33(35,36)37)20-5-3-2-4-11-32-30(26-13-15-28(34)16-14-26)12-8-10-27-24-29(40)17-18-31(27)32/h13-18,24,40H,2-12,19-23H2,1H3. The number of benzene rings is 2. The van der Waals surface area contributed by atoms with Crippen molar-refractivity contribution in [2.24, 2.45) is 0 Å². The monoisotopic (exact) mass is 625 g/mol. The molecule has 5 nitrogen and oxygen atoms in total. The molecule has 1 aliphatic carbocycles. The molecule has 0 aliphatic heterocycles. The largest absolute Gasteiger partial charge is 0.508 e. The number of halogens is 4. The molecule has 2 aromatic rings. The van der Waals surface area contributed by atoms with E-state index in [4.69, 9.17) is 0 Å². The average molecular weight is 626 g/mol. The summed E-state index contributed by atoms with van der Waals surface area (Å²) in [6.07, 6.45) is 2.05.